The number of methoxy groups -OCH3 is 2. The van der Waals surface area contributed by atoms with Gasteiger partial charge in [0.1, 0.15) is 0 Å². The van der Waals surface area contributed by atoms with E-state index in [1.807, 2.05) is 18.2 Å². The highest BCUT2D eigenvalue weighted by atomic mass is 16.5. The van der Waals surface area contributed by atoms with Crippen molar-refractivity contribution in [1.29, 1.82) is 0 Å². The molecule has 1 unspecified atom stereocenters. The minimum atomic E-state index is 0.313. The molecular formula is C14H21NO2. The fraction of sp³-hybridized carbons (Fsp3) is 0.429. The molecule has 0 saturated carbocycles. The van der Waals surface area contributed by atoms with Crippen molar-refractivity contribution in [2.24, 2.45) is 0 Å². The summed E-state index contributed by atoms with van der Waals surface area (Å²) in [5, 5.41) is 3.41. The maximum atomic E-state index is 5.30. The van der Waals surface area contributed by atoms with Crippen LogP contribution in [-0.4, -0.2) is 20.8 Å². The summed E-state index contributed by atoms with van der Waals surface area (Å²) in [6, 6.07) is 6.33. The smallest absolute Gasteiger partial charge is 0.161 e. The van der Waals surface area contributed by atoms with Gasteiger partial charge in [0, 0.05) is 12.6 Å². The predicted octanol–water partition coefficient (Wildman–Crippen LogP) is 2.93. The van der Waals surface area contributed by atoms with Crippen molar-refractivity contribution in [1.82, 2.24) is 5.32 Å². The molecule has 17 heavy (non-hydrogen) atoms. The Bertz CT molecular complexity index is 363. The SMILES string of the molecule is C=CCNC(CC)c1ccc(OC)c(OC)c1. The first-order valence-electron chi connectivity index (χ1n) is 5.83. The molecule has 0 amide bonds. The third-order valence-electron chi connectivity index (χ3n) is 2.73. The Hall–Kier alpha value is -1.48. The number of ether oxygens (including phenoxy) is 2. The van der Waals surface area contributed by atoms with E-state index in [2.05, 4.69) is 24.9 Å². The molecule has 0 spiro atoms. The van der Waals surface area contributed by atoms with Gasteiger partial charge in [0.2, 0.25) is 0 Å². The molecule has 0 bridgehead atoms. The average Bonchev–Trinajstić information content (AvgIpc) is 2.39. The molecule has 1 atom stereocenters. The highest BCUT2D eigenvalue weighted by Crippen LogP contribution is 2.30. The Morgan fingerprint density at radius 2 is 2.00 bits per heavy atom. The molecule has 1 aromatic carbocycles. The monoisotopic (exact) mass is 235 g/mol. The zero-order valence-electron chi connectivity index (χ0n) is 10.8. The number of nitrogens with one attached hydrogen (secondary N) is 1. The van der Waals surface area contributed by atoms with E-state index in [0.717, 1.165) is 24.5 Å². The predicted molar refractivity (Wildman–Crippen MR) is 70.8 cm³/mol. The molecule has 3 heteroatoms. The Morgan fingerprint density at radius 1 is 1.29 bits per heavy atom. The highest BCUT2D eigenvalue weighted by Gasteiger charge is 2.11. The van der Waals surface area contributed by atoms with E-state index < -0.39 is 0 Å². The van der Waals surface area contributed by atoms with Crippen molar-refractivity contribution < 1.29 is 9.47 Å². The molecule has 1 aromatic rings. The molecule has 0 aromatic heterocycles. The Labute approximate surface area is 103 Å². The fourth-order valence-electron chi connectivity index (χ4n) is 1.79. The maximum absolute atomic E-state index is 5.30. The van der Waals surface area contributed by atoms with Crippen molar-refractivity contribution in [3.8, 4) is 11.5 Å². The molecule has 0 saturated heterocycles. The number of rotatable bonds is 7. The molecule has 94 valence electrons. The van der Waals surface area contributed by atoms with Gasteiger partial charge in [-0.3, -0.25) is 0 Å². The minimum absolute atomic E-state index is 0.313. The van der Waals surface area contributed by atoms with Gasteiger partial charge in [-0.15, -0.1) is 6.58 Å². The topological polar surface area (TPSA) is 30.5 Å². The van der Waals surface area contributed by atoms with E-state index in [1.54, 1.807) is 14.2 Å². The lowest BCUT2D eigenvalue weighted by molar-refractivity contribution is 0.353. The van der Waals surface area contributed by atoms with Crippen molar-refractivity contribution in [3.05, 3.63) is 36.4 Å². The van der Waals surface area contributed by atoms with Crippen LogP contribution < -0.4 is 14.8 Å². The van der Waals surface area contributed by atoms with Crippen LogP contribution in [0.1, 0.15) is 24.9 Å². The summed E-state index contributed by atoms with van der Waals surface area (Å²) in [5.41, 5.74) is 1.20. The summed E-state index contributed by atoms with van der Waals surface area (Å²) in [6.45, 7) is 6.66. The first-order chi connectivity index (χ1) is 8.26. The van der Waals surface area contributed by atoms with Crippen LogP contribution in [-0.2, 0) is 0 Å². The van der Waals surface area contributed by atoms with Crippen molar-refractivity contribution in [2.45, 2.75) is 19.4 Å². The van der Waals surface area contributed by atoms with Gasteiger partial charge in [0.05, 0.1) is 14.2 Å². The van der Waals surface area contributed by atoms with Gasteiger partial charge in [-0.1, -0.05) is 19.1 Å². The van der Waals surface area contributed by atoms with Crippen molar-refractivity contribution >= 4 is 0 Å². The summed E-state index contributed by atoms with van der Waals surface area (Å²) in [5.74, 6) is 1.53. The highest BCUT2D eigenvalue weighted by molar-refractivity contribution is 5.43. The fourth-order valence-corrected chi connectivity index (χ4v) is 1.79. The summed E-state index contributed by atoms with van der Waals surface area (Å²) in [4.78, 5) is 0. The molecular weight excluding hydrogens is 214 g/mol. The van der Waals surface area contributed by atoms with Gasteiger partial charge in [0.25, 0.3) is 0 Å². The first kappa shape index (κ1) is 13.6. The van der Waals surface area contributed by atoms with E-state index >= 15 is 0 Å². The summed E-state index contributed by atoms with van der Waals surface area (Å²) < 4.78 is 10.5. The quantitative estimate of drug-likeness (QED) is 0.737. The van der Waals surface area contributed by atoms with Crippen molar-refractivity contribution in [2.75, 3.05) is 20.8 Å². The van der Waals surface area contributed by atoms with Gasteiger partial charge in [0.15, 0.2) is 11.5 Å². The van der Waals surface area contributed by atoms with Crippen LogP contribution in [0.3, 0.4) is 0 Å². The second-order valence-corrected chi connectivity index (χ2v) is 3.77. The van der Waals surface area contributed by atoms with Gasteiger partial charge < -0.3 is 14.8 Å². The zero-order chi connectivity index (χ0) is 12.7. The normalized spacial score (nSPS) is 11.9. The molecule has 0 aliphatic carbocycles. The second kappa shape index (κ2) is 6.97. The number of benzene rings is 1. The summed E-state index contributed by atoms with van der Waals surface area (Å²) in [7, 11) is 3.30. The molecule has 1 rings (SSSR count). The van der Waals surface area contributed by atoms with Crippen LogP contribution >= 0.6 is 0 Å². The molecule has 0 aliphatic heterocycles. The van der Waals surface area contributed by atoms with E-state index in [1.165, 1.54) is 5.56 Å². The van der Waals surface area contributed by atoms with E-state index in [-0.39, 0.29) is 0 Å². The van der Waals surface area contributed by atoms with Crippen LogP contribution in [0.25, 0.3) is 0 Å². The van der Waals surface area contributed by atoms with E-state index in [4.69, 9.17) is 9.47 Å². The maximum Gasteiger partial charge on any atom is 0.161 e. The van der Waals surface area contributed by atoms with Crippen LogP contribution in [0.4, 0.5) is 0 Å². The van der Waals surface area contributed by atoms with Crippen LogP contribution in [0.5, 0.6) is 11.5 Å². The zero-order valence-corrected chi connectivity index (χ0v) is 10.8. The Balaban J connectivity index is 2.91. The average molecular weight is 235 g/mol. The number of hydrogen-bond donors (Lipinski definition) is 1. The Kier molecular flexibility index (Phi) is 5.57. The summed E-state index contributed by atoms with van der Waals surface area (Å²) in [6.07, 6.45) is 2.88. The molecule has 1 N–H and O–H groups in total. The molecule has 0 radical (unpaired) electrons. The second-order valence-electron chi connectivity index (χ2n) is 3.77. The minimum Gasteiger partial charge on any atom is -0.493 e. The van der Waals surface area contributed by atoms with E-state index in [0.29, 0.717) is 6.04 Å². The van der Waals surface area contributed by atoms with Gasteiger partial charge in [-0.25, -0.2) is 0 Å². The van der Waals surface area contributed by atoms with Gasteiger partial charge in [-0.2, -0.15) is 0 Å². The molecule has 0 fully saturated rings. The molecule has 0 heterocycles. The van der Waals surface area contributed by atoms with Gasteiger partial charge >= 0.3 is 0 Å². The third-order valence-corrected chi connectivity index (χ3v) is 2.73. The largest absolute Gasteiger partial charge is 0.493 e. The number of hydrogen-bond acceptors (Lipinski definition) is 3. The van der Waals surface area contributed by atoms with Crippen LogP contribution in [0, 0.1) is 0 Å². The Morgan fingerprint density at radius 3 is 2.53 bits per heavy atom. The standard InChI is InChI=1S/C14H21NO2/c1-5-9-15-12(6-2)11-7-8-13(16-3)14(10-11)17-4/h5,7-8,10,12,15H,1,6,9H2,2-4H3. The first-order valence-corrected chi connectivity index (χ1v) is 5.83. The van der Waals surface area contributed by atoms with Gasteiger partial charge in [-0.05, 0) is 24.1 Å². The lowest BCUT2D eigenvalue weighted by Gasteiger charge is -2.18. The van der Waals surface area contributed by atoms with Crippen LogP contribution in [0.15, 0.2) is 30.9 Å². The van der Waals surface area contributed by atoms with E-state index in [9.17, 15) is 0 Å². The van der Waals surface area contributed by atoms with Crippen LogP contribution in [0.2, 0.25) is 0 Å². The molecule has 3 nitrogen and oxygen atoms in total. The molecule has 0 aliphatic rings. The third kappa shape index (κ3) is 3.49. The van der Waals surface area contributed by atoms with Crippen molar-refractivity contribution in [3.63, 3.8) is 0 Å². The summed E-state index contributed by atoms with van der Waals surface area (Å²) >= 11 is 0. The lowest BCUT2D eigenvalue weighted by Crippen LogP contribution is -2.20. The lowest BCUT2D eigenvalue weighted by atomic mass is 10.0.